The van der Waals surface area contributed by atoms with E-state index in [1.807, 2.05) is 0 Å². The molecule has 0 fully saturated rings. The zero-order valence-corrected chi connectivity index (χ0v) is 14.7. The zero-order valence-electron chi connectivity index (χ0n) is 14.7. The summed E-state index contributed by atoms with van der Waals surface area (Å²) in [6, 6.07) is 34.6. The van der Waals surface area contributed by atoms with Crippen LogP contribution in [0.1, 0.15) is 5.56 Å². The van der Waals surface area contributed by atoms with E-state index in [1.165, 1.54) is 44.2 Å². The fourth-order valence-electron chi connectivity index (χ4n) is 3.93. The summed E-state index contributed by atoms with van der Waals surface area (Å²) in [5.41, 5.74) is 7.55. The van der Waals surface area contributed by atoms with E-state index >= 15 is 0 Å². The Hall–Kier alpha value is -3.32. The fraction of sp³-hybridized carbons (Fsp3) is 0.0400. The highest BCUT2D eigenvalue weighted by Crippen LogP contribution is 2.38. The van der Waals surface area contributed by atoms with Crippen LogP contribution in [0.5, 0.6) is 0 Å². The number of hydrogen-bond donors (Lipinski definition) is 0. The summed E-state index contributed by atoms with van der Waals surface area (Å²) >= 11 is 0. The van der Waals surface area contributed by atoms with Crippen molar-refractivity contribution in [2.45, 2.75) is 6.92 Å². The quantitative estimate of drug-likeness (QED) is 0.336. The third-order valence-corrected chi connectivity index (χ3v) is 5.14. The predicted molar refractivity (Wildman–Crippen MR) is 111 cm³/mol. The van der Waals surface area contributed by atoms with E-state index < -0.39 is 0 Å². The van der Waals surface area contributed by atoms with Gasteiger partial charge in [0.1, 0.15) is 0 Å². The molecule has 0 N–H and O–H groups in total. The van der Waals surface area contributed by atoms with E-state index in [4.69, 9.17) is 0 Å². The molecule has 0 aliphatic rings. The second-order valence-electron chi connectivity index (χ2n) is 6.71. The Morgan fingerprint density at radius 3 is 2.12 bits per heavy atom. The summed E-state index contributed by atoms with van der Waals surface area (Å²) in [6.07, 6.45) is 0. The minimum atomic E-state index is 1.24. The number of hydrogen-bond acceptors (Lipinski definition) is 0. The Morgan fingerprint density at radius 1 is 0.577 bits per heavy atom. The fourth-order valence-corrected chi connectivity index (χ4v) is 3.93. The number of fused-ring (bicyclic) bond motifs is 3. The van der Waals surface area contributed by atoms with Crippen molar-refractivity contribution >= 4 is 21.8 Å². The van der Waals surface area contributed by atoms with Crippen LogP contribution >= 0.6 is 0 Å². The topological polar surface area (TPSA) is 4.93 Å². The van der Waals surface area contributed by atoms with Crippen molar-refractivity contribution in [3.63, 3.8) is 0 Å². The molecule has 1 aromatic heterocycles. The molecule has 1 nitrogen and oxygen atoms in total. The van der Waals surface area contributed by atoms with Crippen LogP contribution in [-0.4, -0.2) is 4.57 Å². The van der Waals surface area contributed by atoms with E-state index in [0.29, 0.717) is 0 Å². The van der Waals surface area contributed by atoms with E-state index in [0.717, 1.165) is 0 Å². The average molecular weight is 333 g/mol. The SMILES string of the molecule is Cc1ccccc1-n1c2ccccc2c2cccc(-c3ccccc3)c21. The van der Waals surface area contributed by atoms with Crippen molar-refractivity contribution in [3.05, 3.63) is 103 Å². The van der Waals surface area contributed by atoms with Gasteiger partial charge in [-0.15, -0.1) is 0 Å². The van der Waals surface area contributed by atoms with Crippen molar-refractivity contribution < 1.29 is 0 Å². The van der Waals surface area contributed by atoms with Gasteiger partial charge in [-0.25, -0.2) is 0 Å². The van der Waals surface area contributed by atoms with Gasteiger partial charge in [-0.2, -0.15) is 0 Å². The number of para-hydroxylation sites is 3. The molecule has 0 unspecified atom stereocenters. The van der Waals surface area contributed by atoms with E-state index in [9.17, 15) is 0 Å². The van der Waals surface area contributed by atoms with Crippen molar-refractivity contribution in [1.29, 1.82) is 0 Å². The summed E-state index contributed by atoms with van der Waals surface area (Å²) in [5.74, 6) is 0. The average Bonchev–Trinajstić information content (AvgIpc) is 3.04. The van der Waals surface area contributed by atoms with Gasteiger partial charge < -0.3 is 4.57 Å². The highest BCUT2D eigenvalue weighted by atomic mass is 15.0. The highest BCUT2D eigenvalue weighted by molar-refractivity contribution is 6.13. The summed E-state index contributed by atoms with van der Waals surface area (Å²) in [7, 11) is 0. The lowest BCUT2D eigenvalue weighted by Crippen LogP contribution is -1.97. The third-order valence-electron chi connectivity index (χ3n) is 5.14. The second-order valence-corrected chi connectivity index (χ2v) is 6.71. The maximum atomic E-state index is 2.42. The monoisotopic (exact) mass is 333 g/mol. The summed E-state index contributed by atoms with van der Waals surface area (Å²) in [5, 5.41) is 2.59. The molecule has 26 heavy (non-hydrogen) atoms. The van der Waals surface area contributed by atoms with Gasteiger partial charge in [0, 0.05) is 22.0 Å². The maximum Gasteiger partial charge on any atom is 0.0619 e. The first-order valence-corrected chi connectivity index (χ1v) is 8.98. The molecule has 1 heteroatoms. The normalized spacial score (nSPS) is 11.3. The summed E-state index contributed by atoms with van der Waals surface area (Å²) < 4.78 is 2.42. The van der Waals surface area contributed by atoms with Gasteiger partial charge >= 0.3 is 0 Å². The summed E-state index contributed by atoms with van der Waals surface area (Å²) in [6.45, 7) is 2.18. The van der Waals surface area contributed by atoms with Crippen LogP contribution in [0.25, 0.3) is 38.6 Å². The Balaban J connectivity index is 2.01. The van der Waals surface area contributed by atoms with Gasteiger partial charge in [0.2, 0.25) is 0 Å². The van der Waals surface area contributed by atoms with Crippen molar-refractivity contribution in [3.8, 4) is 16.8 Å². The van der Waals surface area contributed by atoms with Gasteiger partial charge in [0.25, 0.3) is 0 Å². The molecule has 0 aliphatic carbocycles. The van der Waals surface area contributed by atoms with Crippen LogP contribution in [0.4, 0.5) is 0 Å². The lowest BCUT2D eigenvalue weighted by Gasteiger charge is -2.13. The smallest absolute Gasteiger partial charge is 0.0619 e. The molecule has 0 aliphatic heterocycles. The van der Waals surface area contributed by atoms with Crippen molar-refractivity contribution in [2.75, 3.05) is 0 Å². The highest BCUT2D eigenvalue weighted by Gasteiger charge is 2.16. The lowest BCUT2D eigenvalue weighted by atomic mass is 10.0. The van der Waals surface area contributed by atoms with Crippen molar-refractivity contribution in [1.82, 2.24) is 4.57 Å². The predicted octanol–water partition coefficient (Wildman–Crippen LogP) is 6.76. The van der Waals surface area contributed by atoms with Crippen LogP contribution in [-0.2, 0) is 0 Å². The molecule has 1 heterocycles. The van der Waals surface area contributed by atoms with Crippen molar-refractivity contribution in [2.24, 2.45) is 0 Å². The van der Waals surface area contributed by atoms with Gasteiger partial charge in [-0.3, -0.25) is 0 Å². The summed E-state index contributed by atoms with van der Waals surface area (Å²) in [4.78, 5) is 0. The minimum absolute atomic E-state index is 1.24. The molecule has 124 valence electrons. The molecule has 0 saturated heterocycles. The van der Waals surface area contributed by atoms with Crippen LogP contribution in [0.2, 0.25) is 0 Å². The third kappa shape index (κ3) is 2.18. The van der Waals surface area contributed by atoms with Crippen LogP contribution in [0, 0.1) is 6.92 Å². The van der Waals surface area contributed by atoms with E-state index in [2.05, 4.69) is 109 Å². The molecular weight excluding hydrogens is 314 g/mol. The van der Waals surface area contributed by atoms with Gasteiger partial charge in [0.15, 0.2) is 0 Å². The Labute approximate surface area is 153 Å². The second kappa shape index (κ2) is 5.89. The first kappa shape index (κ1) is 15.0. The standard InChI is InChI=1S/C25H19N/c1-18-10-5-7-16-23(18)26-24-17-8-6-13-21(24)22-15-9-14-20(25(22)26)19-11-3-2-4-12-19/h2-17H,1H3. The molecule has 5 rings (SSSR count). The van der Waals surface area contributed by atoms with Gasteiger partial charge in [0.05, 0.1) is 11.0 Å². The molecule has 5 aromatic rings. The van der Waals surface area contributed by atoms with Gasteiger partial charge in [-0.05, 0) is 30.2 Å². The molecule has 0 bridgehead atoms. The molecule has 0 amide bonds. The lowest BCUT2D eigenvalue weighted by molar-refractivity contribution is 1.15. The largest absolute Gasteiger partial charge is 0.308 e. The van der Waals surface area contributed by atoms with Gasteiger partial charge in [-0.1, -0.05) is 84.9 Å². The number of aromatic nitrogens is 1. The van der Waals surface area contributed by atoms with Crippen LogP contribution < -0.4 is 0 Å². The van der Waals surface area contributed by atoms with Crippen LogP contribution in [0.3, 0.4) is 0 Å². The van der Waals surface area contributed by atoms with Crippen LogP contribution in [0.15, 0.2) is 97.1 Å². The van der Waals surface area contributed by atoms with E-state index in [1.54, 1.807) is 0 Å². The molecule has 0 atom stereocenters. The van der Waals surface area contributed by atoms with E-state index in [-0.39, 0.29) is 0 Å². The minimum Gasteiger partial charge on any atom is -0.308 e. The zero-order chi connectivity index (χ0) is 17.5. The number of rotatable bonds is 2. The number of benzene rings is 4. The molecule has 0 saturated carbocycles. The molecule has 0 spiro atoms. The first-order valence-electron chi connectivity index (χ1n) is 8.98. The Kier molecular flexibility index (Phi) is 3.39. The molecule has 4 aromatic carbocycles. The first-order chi connectivity index (χ1) is 12.8. The maximum absolute atomic E-state index is 2.42. The Morgan fingerprint density at radius 2 is 1.27 bits per heavy atom. The molecule has 0 radical (unpaired) electrons. The number of aryl methyl sites for hydroxylation is 1. The number of nitrogens with zero attached hydrogens (tertiary/aromatic N) is 1. The molecular formula is C25H19N. The Bertz CT molecular complexity index is 1230.